The van der Waals surface area contributed by atoms with Crippen LogP contribution in [0.15, 0.2) is 35.5 Å². The molecule has 0 unspecified atom stereocenters. The summed E-state index contributed by atoms with van der Waals surface area (Å²) in [4.78, 5) is 13.5. The lowest BCUT2D eigenvalue weighted by atomic mass is 10.3. The summed E-state index contributed by atoms with van der Waals surface area (Å²) in [6, 6.07) is 3.25. The maximum Gasteiger partial charge on any atom is 0.319 e. The Kier molecular flexibility index (Phi) is 4.59. The minimum atomic E-state index is -3.75. The summed E-state index contributed by atoms with van der Waals surface area (Å²) < 4.78 is 49.6. The number of nitrogens with zero attached hydrogens (tertiary/aromatic N) is 3. The molecule has 0 saturated heterocycles. The molecule has 0 radical (unpaired) electrons. The van der Waals surface area contributed by atoms with Gasteiger partial charge in [-0.3, -0.25) is 14.7 Å². The lowest BCUT2D eigenvalue weighted by Crippen LogP contribution is -2.11. The highest BCUT2D eigenvalue weighted by molar-refractivity contribution is 7.90. The number of non-ortho nitro benzene ring substituents is 1. The molecule has 0 saturated carbocycles. The number of nitro benzene ring substituents is 1. The number of sulfone groups is 1. The third kappa shape index (κ3) is 3.80. The highest BCUT2D eigenvalue weighted by Gasteiger charge is 2.19. The number of anilines is 1. The topological polar surface area (TPSA) is 107 Å². The van der Waals surface area contributed by atoms with Crippen LogP contribution in [0.5, 0.6) is 0 Å². The normalized spacial score (nSPS) is 11.7. The SMILES string of the molecule is CS(=O)(=O)c1cc([N+](=O)[O-])ccc1NCc1nccn1C(F)F. The molecule has 0 aliphatic heterocycles. The Morgan fingerprint density at radius 1 is 1.43 bits per heavy atom. The molecule has 8 nitrogen and oxygen atoms in total. The van der Waals surface area contributed by atoms with Gasteiger partial charge in [-0.25, -0.2) is 13.4 Å². The number of alkyl halides is 2. The van der Waals surface area contributed by atoms with Gasteiger partial charge >= 0.3 is 6.55 Å². The first-order valence-electron chi connectivity index (χ1n) is 6.22. The molecule has 1 N–H and O–H groups in total. The molecule has 23 heavy (non-hydrogen) atoms. The van der Waals surface area contributed by atoms with Crippen LogP contribution in [0.3, 0.4) is 0 Å². The van der Waals surface area contributed by atoms with Crippen molar-refractivity contribution in [3.63, 3.8) is 0 Å². The third-order valence-corrected chi connectivity index (χ3v) is 4.11. The minimum Gasteiger partial charge on any atom is -0.377 e. The first-order valence-corrected chi connectivity index (χ1v) is 8.11. The molecule has 0 amide bonds. The molecule has 0 fully saturated rings. The van der Waals surface area contributed by atoms with E-state index in [1.54, 1.807) is 0 Å². The number of hydrogen-bond acceptors (Lipinski definition) is 6. The zero-order chi connectivity index (χ0) is 17.2. The summed E-state index contributed by atoms with van der Waals surface area (Å²) in [5.74, 6) is -0.00203. The highest BCUT2D eigenvalue weighted by Crippen LogP contribution is 2.27. The fourth-order valence-corrected chi connectivity index (χ4v) is 2.78. The van der Waals surface area contributed by atoms with Gasteiger partial charge < -0.3 is 5.32 Å². The first kappa shape index (κ1) is 16.8. The molecule has 124 valence electrons. The zero-order valence-corrected chi connectivity index (χ0v) is 12.6. The summed E-state index contributed by atoms with van der Waals surface area (Å²) in [6.45, 7) is -2.95. The van der Waals surface area contributed by atoms with Gasteiger partial charge in [0.2, 0.25) is 0 Å². The summed E-state index contributed by atoms with van der Waals surface area (Å²) in [5.41, 5.74) is -0.313. The Labute approximate surface area is 129 Å². The van der Waals surface area contributed by atoms with E-state index in [1.165, 1.54) is 12.3 Å². The number of hydrogen-bond donors (Lipinski definition) is 1. The predicted octanol–water partition coefficient (Wildman–Crippen LogP) is 2.20. The fraction of sp³-hybridized carbons (Fsp3) is 0.250. The number of benzene rings is 1. The van der Waals surface area contributed by atoms with Crippen LogP contribution < -0.4 is 5.32 Å². The van der Waals surface area contributed by atoms with Crippen LogP contribution in [-0.4, -0.2) is 29.1 Å². The molecule has 0 aliphatic rings. The average Bonchev–Trinajstić information content (AvgIpc) is 2.92. The molecule has 1 aromatic heterocycles. The van der Waals surface area contributed by atoms with Gasteiger partial charge in [0.1, 0.15) is 5.82 Å². The van der Waals surface area contributed by atoms with Gasteiger partial charge in [0, 0.05) is 30.8 Å². The van der Waals surface area contributed by atoms with Gasteiger partial charge in [0.25, 0.3) is 5.69 Å². The van der Waals surface area contributed by atoms with Gasteiger partial charge in [-0.1, -0.05) is 0 Å². The quantitative estimate of drug-likeness (QED) is 0.635. The van der Waals surface area contributed by atoms with Crippen molar-refractivity contribution < 1.29 is 22.1 Å². The molecule has 2 aromatic rings. The van der Waals surface area contributed by atoms with Crippen LogP contribution in [0.2, 0.25) is 0 Å². The fourth-order valence-electron chi connectivity index (χ4n) is 1.91. The molecule has 1 heterocycles. The van der Waals surface area contributed by atoms with Gasteiger partial charge in [-0.05, 0) is 6.07 Å². The van der Waals surface area contributed by atoms with E-state index in [9.17, 15) is 27.3 Å². The lowest BCUT2D eigenvalue weighted by molar-refractivity contribution is -0.385. The Morgan fingerprint density at radius 2 is 2.13 bits per heavy atom. The minimum absolute atomic E-state index is 0.00203. The van der Waals surface area contributed by atoms with Crippen molar-refractivity contribution in [1.29, 1.82) is 0 Å². The van der Waals surface area contributed by atoms with Crippen LogP contribution in [0, 0.1) is 10.1 Å². The summed E-state index contributed by atoms with van der Waals surface area (Å²) >= 11 is 0. The molecule has 0 atom stereocenters. The molecular formula is C12H12F2N4O4S. The molecule has 11 heteroatoms. The van der Waals surface area contributed by atoms with E-state index in [1.807, 2.05) is 0 Å². The third-order valence-electron chi connectivity index (χ3n) is 2.97. The molecule has 0 bridgehead atoms. The van der Waals surface area contributed by atoms with Crippen molar-refractivity contribution in [2.45, 2.75) is 18.0 Å². The lowest BCUT2D eigenvalue weighted by Gasteiger charge is -2.12. The van der Waals surface area contributed by atoms with E-state index in [4.69, 9.17) is 0 Å². The zero-order valence-electron chi connectivity index (χ0n) is 11.8. The van der Waals surface area contributed by atoms with E-state index in [-0.39, 0.29) is 28.6 Å². The molecule has 0 aliphatic carbocycles. The Balaban J connectivity index is 2.33. The number of halogens is 2. The second-order valence-corrected chi connectivity index (χ2v) is 6.58. The standard InChI is InChI=1S/C12H12F2N4O4S/c1-23(21,22)10-6-8(18(19)20)2-3-9(10)16-7-11-15-4-5-17(11)12(13)14/h2-6,12,16H,7H2,1H3. The van der Waals surface area contributed by atoms with E-state index < -0.39 is 21.3 Å². The second-order valence-electron chi connectivity index (χ2n) is 4.59. The Morgan fingerprint density at radius 3 is 2.70 bits per heavy atom. The van der Waals surface area contributed by atoms with Crippen LogP contribution in [0.4, 0.5) is 20.2 Å². The Bertz CT molecular complexity index is 835. The molecular weight excluding hydrogens is 334 g/mol. The largest absolute Gasteiger partial charge is 0.377 e. The van der Waals surface area contributed by atoms with Crippen LogP contribution in [0.25, 0.3) is 0 Å². The van der Waals surface area contributed by atoms with Crippen LogP contribution >= 0.6 is 0 Å². The average molecular weight is 346 g/mol. The van der Waals surface area contributed by atoms with Crippen molar-refractivity contribution in [2.75, 3.05) is 11.6 Å². The Hall–Kier alpha value is -2.56. The van der Waals surface area contributed by atoms with Gasteiger partial charge in [-0.2, -0.15) is 8.78 Å². The van der Waals surface area contributed by atoms with E-state index in [0.29, 0.717) is 4.57 Å². The molecule has 0 spiro atoms. The van der Waals surface area contributed by atoms with Crippen molar-refractivity contribution in [3.05, 3.63) is 46.5 Å². The number of aromatic nitrogens is 2. The molecule has 2 rings (SSSR count). The summed E-state index contributed by atoms with van der Waals surface area (Å²) in [7, 11) is -3.75. The van der Waals surface area contributed by atoms with Gasteiger partial charge in [-0.15, -0.1) is 0 Å². The van der Waals surface area contributed by atoms with Crippen molar-refractivity contribution in [2.24, 2.45) is 0 Å². The number of imidazole rings is 1. The van der Waals surface area contributed by atoms with E-state index in [0.717, 1.165) is 24.6 Å². The number of nitro groups is 1. The maximum absolute atomic E-state index is 12.7. The van der Waals surface area contributed by atoms with Crippen molar-refractivity contribution in [3.8, 4) is 0 Å². The van der Waals surface area contributed by atoms with Crippen molar-refractivity contribution in [1.82, 2.24) is 9.55 Å². The number of rotatable bonds is 6. The van der Waals surface area contributed by atoms with Gasteiger partial charge in [0.15, 0.2) is 9.84 Å². The van der Waals surface area contributed by atoms with Crippen LogP contribution in [-0.2, 0) is 16.4 Å². The maximum atomic E-state index is 12.7. The smallest absolute Gasteiger partial charge is 0.319 e. The van der Waals surface area contributed by atoms with E-state index >= 15 is 0 Å². The van der Waals surface area contributed by atoms with E-state index in [2.05, 4.69) is 10.3 Å². The van der Waals surface area contributed by atoms with Crippen molar-refractivity contribution >= 4 is 21.2 Å². The summed E-state index contributed by atoms with van der Waals surface area (Å²) in [6.07, 6.45) is 3.18. The molecule has 1 aromatic carbocycles. The first-order chi connectivity index (χ1) is 10.7. The highest BCUT2D eigenvalue weighted by atomic mass is 32.2. The summed E-state index contributed by atoms with van der Waals surface area (Å²) in [5, 5.41) is 13.4. The van der Waals surface area contributed by atoms with Crippen LogP contribution in [0.1, 0.15) is 12.4 Å². The number of nitrogens with one attached hydrogen (secondary N) is 1. The second kappa shape index (κ2) is 6.28. The monoisotopic (exact) mass is 346 g/mol. The van der Waals surface area contributed by atoms with Gasteiger partial charge in [0.05, 0.1) is 22.1 Å². The predicted molar refractivity (Wildman–Crippen MR) is 77.0 cm³/mol.